The van der Waals surface area contributed by atoms with E-state index in [1.54, 1.807) is 19.1 Å². The highest BCUT2D eigenvalue weighted by molar-refractivity contribution is 7.90. The molecule has 0 bridgehead atoms. The van der Waals surface area contributed by atoms with E-state index in [1.807, 2.05) is 26.0 Å². The lowest BCUT2D eigenvalue weighted by Crippen LogP contribution is -2.55. The van der Waals surface area contributed by atoms with E-state index >= 15 is 0 Å². The van der Waals surface area contributed by atoms with Gasteiger partial charge in [-0.25, -0.2) is 22.5 Å². The average molecular weight is 952 g/mol. The number of likely N-dealkylation sites (tertiary alicyclic amines) is 1. The van der Waals surface area contributed by atoms with Gasteiger partial charge in [0.05, 0.1) is 44.2 Å². The number of nitrogens with zero attached hydrogens (tertiary/aromatic N) is 4. The van der Waals surface area contributed by atoms with Crippen molar-refractivity contribution < 1.29 is 42.2 Å². The average Bonchev–Trinajstić information content (AvgIpc) is 3.93. The van der Waals surface area contributed by atoms with Gasteiger partial charge in [0.2, 0.25) is 0 Å². The zero-order valence-electron chi connectivity index (χ0n) is 38.5. The Labute approximate surface area is 394 Å². The molecule has 10 rings (SSSR count). The van der Waals surface area contributed by atoms with Crippen LogP contribution in [0.25, 0.3) is 11.0 Å². The van der Waals surface area contributed by atoms with Crippen LogP contribution in [0, 0.1) is 27.3 Å². The number of aromatic amines is 1. The topological polar surface area (TPSA) is 212 Å². The molecular weight excluding hydrogens is 894 g/mol. The lowest BCUT2D eigenvalue weighted by Gasteiger charge is -2.56. The minimum atomic E-state index is -4.73. The van der Waals surface area contributed by atoms with E-state index < -0.39 is 48.5 Å². The Balaban J connectivity index is 0.862. The number of hydrogen-bond acceptors (Lipinski definition) is 13. The second-order valence-corrected chi connectivity index (χ2v) is 22.2. The third-order valence-electron chi connectivity index (χ3n) is 15.4. The van der Waals surface area contributed by atoms with Crippen LogP contribution in [-0.4, -0.2) is 88.3 Å². The summed E-state index contributed by atoms with van der Waals surface area (Å²) in [6, 6.07) is 17.1. The zero-order chi connectivity index (χ0) is 47.8. The van der Waals surface area contributed by atoms with Crippen molar-refractivity contribution in [2.75, 3.05) is 36.5 Å². The molecule has 360 valence electrons. The van der Waals surface area contributed by atoms with Gasteiger partial charge < -0.3 is 34.9 Å². The van der Waals surface area contributed by atoms with Crippen LogP contribution in [0.2, 0.25) is 0 Å². The first kappa shape index (κ1) is 45.9. The van der Waals surface area contributed by atoms with Crippen LogP contribution in [0.1, 0.15) is 113 Å². The molecule has 2 saturated heterocycles. The molecule has 16 nitrogen and oxygen atoms in total. The summed E-state index contributed by atoms with van der Waals surface area (Å²) in [6.07, 6.45) is 11.4. The van der Waals surface area contributed by atoms with Crippen LogP contribution in [0.3, 0.4) is 0 Å². The number of sulfonamides is 1. The minimum Gasteiger partial charge on any atom is -0.489 e. The summed E-state index contributed by atoms with van der Waals surface area (Å²) >= 11 is 0. The SMILES string of the molecule is CC1(O)CCC([C@H]2COc3cc(S(=O)(=O)NC(=O)c4ccc(N5CCC6(CC5)CC(N5CCC[C@H]5c5ccccc5C(C)(C)O)C6)cc4Oc4cnc5[nH]cc(F)c5c4)cc([N+](=O)[O-])c3N2)CC1. The van der Waals surface area contributed by atoms with Crippen molar-refractivity contribution >= 4 is 44.0 Å². The fourth-order valence-electron chi connectivity index (χ4n) is 11.5. The number of nitrogens with one attached hydrogen (secondary N) is 3. The van der Waals surface area contributed by atoms with Gasteiger partial charge in [-0.05, 0) is 132 Å². The number of H-pyrrole nitrogens is 1. The van der Waals surface area contributed by atoms with Crippen molar-refractivity contribution in [1.82, 2.24) is 19.6 Å². The first-order chi connectivity index (χ1) is 32.4. The molecule has 2 aliphatic carbocycles. The molecule has 1 amide bonds. The number of anilines is 2. The summed E-state index contributed by atoms with van der Waals surface area (Å²) in [5.74, 6) is -1.44. The van der Waals surface area contributed by atoms with Crippen molar-refractivity contribution in [3.63, 3.8) is 0 Å². The Kier molecular flexibility index (Phi) is 11.7. The predicted octanol–water partition coefficient (Wildman–Crippen LogP) is 8.45. The van der Waals surface area contributed by atoms with E-state index in [4.69, 9.17) is 9.47 Å². The smallest absolute Gasteiger partial charge is 0.297 e. The molecule has 1 spiro atoms. The third kappa shape index (κ3) is 8.87. The van der Waals surface area contributed by atoms with Gasteiger partial charge in [-0.2, -0.15) is 0 Å². The van der Waals surface area contributed by atoms with Crippen LogP contribution >= 0.6 is 0 Å². The lowest BCUT2D eigenvalue weighted by atomic mass is 9.59. The number of halogens is 1. The molecule has 68 heavy (non-hydrogen) atoms. The number of ether oxygens (including phenoxy) is 2. The molecule has 3 aromatic carbocycles. The monoisotopic (exact) mass is 951 g/mol. The van der Waals surface area contributed by atoms with Crippen LogP contribution < -0.4 is 24.4 Å². The van der Waals surface area contributed by atoms with E-state index in [9.17, 15) is 37.9 Å². The van der Waals surface area contributed by atoms with Crippen LogP contribution in [0.4, 0.5) is 21.5 Å². The Hall–Kier alpha value is -5.82. The number of pyridine rings is 1. The van der Waals surface area contributed by atoms with Crippen molar-refractivity contribution in [3.05, 3.63) is 106 Å². The van der Waals surface area contributed by atoms with Gasteiger partial charge in [0.25, 0.3) is 21.6 Å². The fourth-order valence-corrected chi connectivity index (χ4v) is 12.5. The number of benzene rings is 3. The molecule has 5 heterocycles. The van der Waals surface area contributed by atoms with Gasteiger partial charge in [-0.15, -0.1) is 0 Å². The number of rotatable bonds is 11. The van der Waals surface area contributed by atoms with Crippen LogP contribution in [-0.2, 0) is 15.6 Å². The fraction of sp³-hybridized carbons (Fsp3) is 0.480. The number of carbonyl (C=O) groups is 1. The van der Waals surface area contributed by atoms with E-state index in [0.717, 1.165) is 81.5 Å². The van der Waals surface area contributed by atoms with Gasteiger partial charge in [0.15, 0.2) is 11.4 Å². The Morgan fingerprint density at radius 1 is 1.04 bits per heavy atom. The molecular formula is C50H58FN7O9S. The molecule has 0 radical (unpaired) electrons. The minimum absolute atomic E-state index is 0.00178. The largest absolute Gasteiger partial charge is 0.489 e. The Morgan fingerprint density at radius 2 is 1.79 bits per heavy atom. The highest BCUT2D eigenvalue weighted by Crippen LogP contribution is 2.54. The molecule has 5 aliphatic rings. The second kappa shape index (κ2) is 17.3. The molecule has 2 saturated carbocycles. The van der Waals surface area contributed by atoms with Gasteiger partial charge in [-0.1, -0.05) is 24.3 Å². The number of aliphatic hydroxyl groups is 2. The highest BCUT2D eigenvalue weighted by atomic mass is 32.2. The standard InChI is InChI=1S/C50H58FN7O9S/c1-48(2,60)38-8-5-4-7-35(38)41-9-6-18-57(41)32-25-50(26-32)16-19-56(20-17-50)31-10-11-36(43(21-31)67-33-22-37-39(51)28-53-46(37)52-27-33)47(59)55-68(64,65)34-23-42(58(62)63)45-44(24-34)66-29-40(54-45)30-12-14-49(3,61)15-13-30/h4-5,7-8,10-11,21-24,27-28,30,32,40-41,54,60-61H,6,9,12-20,25-26,29H2,1-3H3,(H,52,53)(H,55,59)/t30?,40-,41+,49?/m1/s1. The maximum Gasteiger partial charge on any atom is 0.297 e. The van der Waals surface area contributed by atoms with Crippen LogP contribution in [0.5, 0.6) is 17.2 Å². The molecule has 4 fully saturated rings. The first-order valence-electron chi connectivity index (χ1n) is 23.6. The summed E-state index contributed by atoms with van der Waals surface area (Å²) in [7, 11) is -4.73. The molecule has 5 aromatic rings. The molecule has 18 heteroatoms. The quantitative estimate of drug-likeness (QED) is 0.0622. The van der Waals surface area contributed by atoms with Crippen molar-refractivity contribution in [2.24, 2.45) is 11.3 Å². The zero-order valence-corrected chi connectivity index (χ0v) is 39.3. The van der Waals surface area contributed by atoms with Crippen molar-refractivity contribution in [3.8, 4) is 17.2 Å². The number of aromatic nitrogens is 2. The number of nitro groups is 1. The van der Waals surface area contributed by atoms with E-state index in [2.05, 4.69) is 41.9 Å². The molecule has 0 unspecified atom stereocenters. The van der Waals surface area contributed by atoms with Crippen molar-refractivity contribution in [2.45, 2.75) is 119 Å². The number of nitro benzene ring substituents is 1. The number of carbonyl (C=O) groups excluding carboxylic acids is 1. The maximum atomic E-state index is 14.7. The molecule has 3 aliphatic heterocycles. The summed E-state index contributed by atoms with van der Waals surface area (Å²) in [6.45, 7) is 8.15. The third-order valence-corrected chi connectivity index (χ3v) is 16.7. The summed E-state index contributed by atoms with van der Waals surface area (Å²) in [5.41, 5.74) is 1.13. The first-order valence-corrected chi connectivity index (χ1v) is 25.1. The molecule has 2 atom stereocenters. The molecule has 2 aromatic heterocycles. The highest BCUT2D eigenvalue weighted by Gasteiger charge is 2.50. The van der Waals surface area contributed by atoms with Gasteiger partial charge in [0, 0.05) is 55.3 Å². The molecule has 5 N–H and O–H groups in total. The number of fused-ring (bicyclic) bond motifs is 2. The number of piperidine rings is 1. The lowest BCUT2D eigenvalue weighted by molar-refractivity contribution is -0.384. The number of hydrogen-bond donors (Lipinski definition) is 5. The van der Waals surface area contributed by atoms with Crippen molar-refractivity contribution in [1.29, 1.82) is 0 Å². The Bertz CT molecular complexity index is 2880. The van der Waals surface area contributed by atoms with E-state index in [0.29, 0.717) is 37.4 Å². The number of amides is 1. The van der Waals surface area contributed by atoms with Crippen LogP contribution in [0.15, 0.2) is 78.0 Å². The Morgan fingerprint density at radius 3 is 2.53 bits per heavy atom. The summed E-state index contributed by atoms with van der Waals surface area (Å²) < 4.78 is 56.9. The van der Waals surface area contributed by atoms with Gasteiger partial charge >= 0.3 is 0 Å². The maximum absolute atomic E-state index is 14.7. The second-order valence-electron chi connectivity index (χ2n) is 20.5. The summed E-state index contributed by atoms with van der Waals surface area (Å²) in [4.78, 5) is 37.1. The van der Waals surface area contributed by atoms with Gasteiger partial charge in [0.1, 0.15) is 29.6 Å². The predicted molar refractivity (Wildman–Crippen MR) is 253 cm³/mol. The summed E-state index contributed by atoms with van der Waals surface area (Å²) in [5, 5.41) is 37.2. The normalized spacial score (nSPS) is 24.2. The van der Waals surface area contributed by atoms with E-state index in [1.165, 1.54) is 30.1 Å². The van der Waals surface area contributed by atoms with E-state index in [-0.39, 0.29) is 63.9 Å². The van der Waals surface area contributed by atoms with Gasteiger partial charge in [-0.3, -0.25) is 19.8 Å².